The van der Waals surface area contributed by atoms with Gasteiger partial charge in [-0.25, -0.2) is 0 Å². The largest absolute Gasteiger partial charge is 0.411 e. The predicted octanol–water partition coefficient (Wildman–Crippen LogP) is 4.82. The van der Waals surface area contributed by atoms with Crippen LogP contribution in [0, 0.1) is 5.92 Å². The Bertz CT molecular complexity index is 756. The Morgan fingerprint density at radius 2 is 1.81 bits per heavy atom. The van der Waals surface area contributed by atoms with E-state index in [-0.39, 0.29) is 11.3 Å². The van der Waals surface area contributed by atoms with E-state index in [0.717, 1.165) is 24.3 Å². The third-order valence-corrected chi connectivity index (χ3v) is 5.93. The van der Waals surface area contributed by atoms with Gasteiger partial charge in [0.15, 0.2) is 0 Å². The van der Waals surface area contributed by atoms with Gasteiger partial charge in [-0.1, -0.05) is 51.6 Å². The summed E-state index contributed by atoms with van der Waals surface area (Å²) in [7, 11) is 0. The maximum Gasteiger partial charge on any atom is 0.277 e. The Labute approximate surface area is 165 Å². The molecule has 1 aromatic carbocycles. The van der Waals surface area contributed by atoms with E-state index in [1.54, 1.807) is 0 Å². The van der Waals surface area contributed by atoms with Gasteiger partial charge in [0.25, 0.3) is 5.22 Å². The lowest BCUT2D eigenvalue weighted by Gasteiger charge is -2.26. The maximum absolute atomic E-state index is 12.2. The zero-order valence-electron chi connectivity index (χ0n) is 16.6. The van der Waals surface area contributed by atoms with Crippen LogP contribution in [0.3, 0.4) is 0 Å². The molecule has 0 spiro atoms. The van der Waals surface area contributed by atoms with E-state index in [0.29, 0.717) is 22.9 Å². The summed E-state index contributed by atoms with van der Waals surface area (Å²) in [5.74, 6) is 1.60. The molecule has 1 aliphatic carbocycles. The van der Waals surface area contributed by atoms with E-state index in [9.17, 15) is 4.79 Å². The van der Waals surface area contributed by atoms with E-state index in [1.807, 2.05) is 12.1 Å². The minimum absolute atomic E-state index is 0.0360. The zero-order valence-corrected chi connectivity index (χ0v) is 17.4. The number of aromatic nitrogens is 2. The first-order chi connectivity index (χ1) is 12.8. The summed E-state index contributed by atoms with van der Waals surface area (Å²) in [5, 5.41) is 11.7. The minimum atomic E-state index is 0.0360. The Morgan fingerprint density at radius 1 is 1.15 bits per heavy atom. The van der Waals surface area contributed by atoms with Crippen LogP contribution in [0.25, 0.3) is 11.5 Å². The molecule has 1 N–H and O–H groups in total. The smallest absolute Gasteiger partial charge is 0.277 e. The number of amides is 1. The van der Waals surface area contributed by atoms with E-state index >= 15 is 0 Å². The van der Waals surface area contributed by atoms with Gasteiger partial charge in [-0.15, -0.1) is 10.2 Å². The van der Waals surface area contributed by atoms with Crippen LogP contribution in [0.4, 0.5) is 0 Å². The van der Waals surface area contributed by atoms with Crippen molar-refractivity contribution in [2.45, 2.75) is 70.1 Å². The van der Waals surface area contributed by atoms with E-state index in [1.165, 1.54) is 30.2 Å². The summed E-state index contributed by atoms with van der Waals surface area (Å²) in [4.78, 5) is 12.2. The number of nitrogens with zero attached hydrogens (tertiary/aromatic N) is 2. The number of carbonyl (C=O) groups excluding carboxylic acids is 1. The molecule has 0 unspecified atom stereocenters. The Kier molecular flexibility index (Phi) is 6.25. The number of hydrogen-bond donors (Lipinski definition) is 1. The Balaban J connectivity index is 1.51. The van der Waals surface area contributed by atoms with Crippen molar-refractivity contribution in [2.75, 3.05) is 5.75 Å². The molecule has 1 aromatic heterocycles. The van der Waals surface area contributed by atoms with E-state index < -0.39 is 0 Å². The second-order valence-electron chi connectivity index (χ2n) is 8.51. The lowest BCUT2D eigenvalue weighted by Crippen LogP contribution is -2.38. The third-order valence-electron chi connectivity index (χ3n) is 5.11. The summed E-state index contributed by atoms with van der Waals surface area (Å²) in [6.07, 6.45) is 4.54. The molecule has 0 saturated heterocycles. The van der Waals surface area contributed by atoms with Crippen LogP contribution in [0.1, 0.15) is 58.9 Å². The van der Waals surface area contributed by atoms with Gasteiger partial charge in [-0.3, -0.25) is 4.79 Å². The van der Waals surface area contributed by atoms with Crippen molar-refractivity contribution in [2.24, 2.45) is 5.92 Å². The summed E-state index contributed by atoms with van der Waals surface area (Å²) in [5.41, 5.74) is 2.26. The van der Waals surface area contributed by atoms with Crippen molar-refractivity contribution in [3.63, 3.8) is 0 Å². The van der Waals surface area contributed by atoms with Gasteiger partial charge in [-0.05, 0) is 54.7 Å². The van der Waals surface area contributed by atoms with Crippen molar-refractivity contribution < 1.29 is 9.21 Å². The topological polar surface area (TPSA) is 68.0 Å². The second-order valence-corrected chi connectivity index (χ2v) is 9.44. The van der Waals surface area contributed by atoms with Crippen LogP contribution >= 0.6 is 11.8 Å². The number of nitrogens with one attached hydrogen (secondary N) is 1. The van der Waals surface area contributed by atoms with Gasteiger partial charge in [0.05, 0.1) is 5.75 Å². The van der Waals surface area contributed by atoms with Gasteiger partial charge < -0.3 is 9.73 Å². The van der Waals surface area contributed by atoms with Gasteiger partial charge in [0.1, 0.15) is 0 Å². The molecule has 1 fully saturated rings. The normalized spacial score (nSPS) is 20.4. The molecule has 3 rings (SSSR count). The number of hydrogen-bond acceptors (Lipinski definition) is 5. The molecule has 1 heterocycles. The van der Waals surface area contributed by atoms with Gasteiger partial charge in [-0.2, -0.15) is 0 Å². The quantitative estimate of drug-likeness (QED) is 0.745. The highest BCUT2D eigenvalue weighted by molar-refractivity contribution is 7.99. The molecule has 0 aliphatic heterocycles. The van der Waals surface area contributed by atoms with Crippen molar-refractivity contribution in [1.82, 2.24) is 15.5 Å². The van der Waals surface area contributed by atoms with Crippen LogP contribution in [-0.2, 0) is 10.2 Å². The molecule has 6 heteroatoms. The molecule has 27 heavy (non-hydrogen) atoms. The monoisotopic (exact) mass is 387 g/mol. The fraction of sp³-hybridized carbons (Fsp3) is 0.571. The van der Waals surface area contributed by atoms with Crippen LogP contribution in [0.15, 0.2) is 33.9 Å². The summed E-state index contributed by atoms with van der Waals surface area (Å²) in [6.45, 7) is 8.82. The molecule has 0 atom stereocenters. The molecule has 2 aromatic rings. The molecular formula is C21H29N3O2S. The Hall–Kier alpha value is -1.82. The predicted molar refractivity (Wildman–Crippen MR) is 109 cm³/mol. The van der Waals surface area contributed by atoms with E-state index in [2.05, 4.69) is 55.3 Å². The highest BCUT2D eigenvalue weighted by Crippen LogP contribution is 2.27. The highest BCUT2D eigenvalue weighted by atomic mass is 32.2. The molecular weight excluding hydrogens is 358 g/mol. The lowest BCUT2D eigenvalue weighted by atomic mass is 9.87. The van der Waals surface area contributed by atoms with Gasteiger partial charge in [0, 0.05) is 11.6 Å². The third kappa shape index (κ3) is 5.58. The highest BCUT2D eigenvalue weighted by Gasteiger charge is 2.20. The van der Waals surface area contributed by atoms with Crippen molar-refractivity contribution in [3.8, 4) is 11.5 Å². The molecule has 0 radical (unpaired) electrons. The fourth-order valence-corrected chi connectivity index (χ4v) is 3.87. The summed E-state index contributed by atoms with van der Waals surface area (Å²) in [6, 6.07) is 8.49. The first-order valence-corrected chi connectivity index (χ1v) is 10.7. The van der Waals surface area contributed by atoms with Crippen LogP contribution in [-0.4, -0.2) is 27.9 Å². The van der Waals surface area contributed by atoms with E-state index in [4.69, 9.17) is 4.42 Å². The average Bonchev–Trinajstić information content (AvgIpc) is 3.10. The summed E-state index contributed by atoms with van der Waals surface area (Å²) < 4.78 is 5.71. The first-order valence-electron chi connectivity index (χ1n) is 9.68. The Morgan fingerprint density at radius 3 is 2.44 bits per heavy atom. The van der Waals surface area contributed by atoms with Gasteiger partial charge >= 0.3 is 0 Å². The number of benzene rings is 1. The maximum atomic E-state index is 12.2. The first kappa shape index (κ1) is 19.9. The standard InChI is InChI=1S/C21H29N3O2S/c1-14-5-11-17(12-6-14)22-18(25)13-27-20-24-23-19(26-20)15-7-9-16(10-8-15)21(2,3)4/h7-10,14,17H,5-6,11-13H2,1-4H3,(H,22,25). The second kappa shape index (κ2) is 8.46. The molecule has 146 valence electrons. The van der Waals surface area contributed by atoms with Gasteiger partial charge in [0.2, 0.25) is 11.8 Å². The fourth-order valence-electron chi connectivity index (χ4n) is 3.30. The number of thioether (sulfide) groups is 1. The van der Waals surface area contributed by atoms with Crippen molar-refractivity contribution >= 4 is 17.7 Å². The summed E-state index contributed by atoms with van der Waals surface area (Å²) >= 11 is 1.29. The molecule has 1 amide bonds. The number of carbonyl (C=O) groups is 1. The average molecular weight is 388 g/mol. The van der Waals surface area contributed by atoms with Crippen LogP contribution in [0.2, 0.25) is 0 Å². The van der Waals surface area contributed by atoms with Crippen LogP contribution in [0.5, 0.6) is 0 Å². The SMILES string of the molecule is CC1CCC(NC(=O)CSc2nnc(-c3ccc(C(C)(C)C)cc3)o2)CC1. The minimum Gasteiger partial charge on any atom is -0.411 e. The van der Waals surface area contributed by atoms with Crippen molar-refractivity contribution in [3.05, 3.63) is 29.8 Å². The number of rotatable bonds is 5. The molecule has 1 aliphatic rings. The molecule has 0 bridgehead atoms. The zero-order chi connectivity index (χ0) is 19.4. The van der Waals surface area contributed by atoms with Crippen molar-refractivity contribution in [1.29, 1.82) is 0 Å². The molecule has 5 nitrogen and oxygen atoms in total. The molecule has 1 saturated carbocycles. The lowest BCUT2D eigenvalue weighted by molar-refractivity contribution is -0.119. The van der Waals surface area contributed by atoms with Crippen LogP contribution < -0.4 is 5.32 Å².